The Hall–Kier alpha value is -3.63. The van der Waals surface area contributed by atoms with Crippen LogP contribution in [0.2, 0.25) is 0 Å². The van der Waals surface area contributed by atoms with E-state index in [9.17, 15) is 15.0 Å². The van der Waals surface area contributed by atoms with Gasteiger partial charge in [-0.25, -0.2) is 0 Å². The number of benzene rings is 3. The number of aliphatic hydroxyl groups is 2. The van der Waals surface area contributed by atoms with Crippen molar-refractivity contribution in [1.29, 1.82) is 0 Å². The van der Waals surface area contributed by atoms with Crippen molar-refractivity contribution >= 4 is 6.29 Å². The SMILES string of the molecule is COCOc1ccc([C@H](Oc2cc(C=O)ccc2OCc2ccccc2)[C@H](O)CO)cc1OCOC. The Morgan fingerprint density at radius 2 is 1.47 bits per heavy atom. The van der Waals surface area contributed by atoms with Crippen molar-refractivity contribution in [2.45, 2.75) is 18.8 Å². The summed E-state index contributed by atoms with van der Waals surface area (Å²) in [5, 5.41) is 20.4. The second-order valence-corrected chi connectivity index (χ2v) is 7.69. The van der Waals surface area contributed by atoms with E-state index >= 15 is 0 Å². The van der Waals surface area contributed by atoms with Crippen LogP contribution in [-0.2, 0) is 16.1 Å². The maximum absolute atomic E-state index is 11.4. The Kier molecular flexibility index (Phi) is 10.5. The minimum absolute atomic E-state index is 0.00246. The molecule has 0 aliphatic carbocycles. The third-order valence-electron chi connectivity index (χ3n) is 5.09. The molecule has 0 aromatic heterocycles. The van der Waals surface area contributed by atoms with Gasteiger partial charge < -0.3 is 38.6 Å². The van der Waals surface area contributed by atoms with E-state index in [1.54, 1.807) is 30.3 Å². The summed E-state index contributed by atoms with van der Waals surface area (Å²) in [6.45, 7) is -0.345. The molecular formula is C27H30O9. The summed E-state index contributed by atoms with van der Waals surface area (Å²) in [6.07, 6.45) is -1.64. The average molecular weight is 499 g/mol. The molecule has 192 valence electrons. The number of methoxy groups -OCH3 is 2. The number of carbonyl (C=O) groups is 1. The third kappa shape index (κ3) is 7.43. The minimum Gasteiger partial charge on any atom is -0.485 e. The third-order valence-corrected chi connectivity index (χ3v) is 5.09. The summed E-state index contributed by atoms with van der Waals surface area (Å²) in [4.78, 5) is 11.4. The van der Waals surface area contributed by atoms with Gasteiger partial charge in [0.15, 0.2) is 42.7 Å². The molecule has 0 saturated heterocycles. The summed E-state index contributed by atoms with van der Waals surface area (Å²) in [6, 6.07) is 19.2. The van der Waals surface area contributed by atoms with Crippen LogP contribution in [-0.4, -0.2) is 57.0 Å². The van der Waals surface area contributed by atoms with Gasteiger partial charge in [0.1, 0.15) is 19.0 Å². The molecule has 9 heteroatoms. The van der Waals surface area contributed by atoms with E-state index in [1.807, 2.05) is 30.3 Å². The summed E-state index contributed by atoms with van der Waals surface area (Å²) in [5.74, 6) is 1.32. The van der Waals surface area contributed by atoms with Crippen LogP contribution in [0.4, 0.5) is 0 Å². The van der Waals surface area contributed by atoms with Gasteiger partial charge in [0.05, 0.1) is 6.61 Å². The first kappa shape index (κ1) is 27.0. The Bertz CT molecular complexity index is 1090. The van der Waals surface area contributed by atoms with Crippen LogP contribution in [0.5, 0.6) is 23.0 Å². The lowest BCUT2D eigenvalue weighted by Gasteiger charge is -2.25. The fourth-order valence-corrected chi connectivity index (χ4v) is 3.32. The van der Waals surface area contributed by atoms with E-state index in [1.165, 1.54) is 20.3 Å². The molecule has 0 aliphatic heterocycles. The van der Waals surface area contributed by atoms with Crippen molar-refractivity contribution in [3.63, 3.8) is 0 Å². The molecule has 9 nitrogen and oxygen atoms in total. The summed E-state index contributed by atoms with van der Waals surface area (Å²) in [7, 11) is 2.98. The summed E-state index contributed by atoms with van der Waals surface area (Å²) in [5.41, 5.74) is 1.79. The first-order valence-electron chi connectivity index (χ1n) is 11.2. The average Bonchev–Trinajstić information content (AvgIpc) is 2.93. The zero-order valence-electron chi connectivity index (χ0n) is 20.2. The highest BCUT2D eigenvalue weighted by atomic mass is 16.7. The zero-order chi connectivity index (χ0) is 25.8. The fraction of sp³-hybridized carbons (Fsp3) is 0.296. The Labute approximate surface area is 209 Å². The van der Waals surface area contributed by atoms with Crippen molar-refractivity contribution in [2.24, 2.45) is 0 Å². The Morgan fingerprint density at radius 1 is 0.806 bits per heavy atom. The van der Waals surface area contributed by atoms with Gasteiger partial charge in [-0.3, -0.25) is 4.79 Å². The standard InChI is InChI=1S/C27H30O9/c1-31-17-34-23-11-9-21(13-25(23)35-18-32-2)27(22(30)15-29)36-26-12-20(14-28)8-10-24(26)33-16-19-6-4-3-5-7-19/h3-14,22,27,29-30H,15-18H2,1-2H3/t22-,27+/m1/s1. The van der Waals surface area contributed by atoms with Crippen LogP contribution in [0.25, 0.3) is 0 Å². The monoisotopic (exact) mass is 498 g/mol. The molecule has 3 aromatic rings. The molecular weight excluding hydrogens is 468 g/mol. The first-order valence-corrected chi connectivity index (χ1v) is 11.2. The van der Waals surface area contributed by atoms with Crippen LogP contribution in [0.1, 0.15) is 27.6 Å². The molecule has 36 heavy (non-hydrogen) atoms. The largest absolute Gasteiger partial charge is 0.485 e. The maximum Gasteiger partial charge on any atom is 0.188 e. The number of hydrogen-bond donors (Lipinski definition) is 2. The molecule has 0 unspecified atom stereocenters. The number of aldehydes is 1. The van der Waals surface area contributed by atoms with Gasteiger partial charge in [0, 0.05) is 19.8 Å². The van der Waals surface area contributed by atoms with E-state index in [0.717, 1.165) is 5.56 Å². The number of rotatable bonds is 15. The topological polar surface area (TPSA) is 113 Å². The molecule has 0 amide bonds. The highest BCUT2D eigenvalue weighted by molar-refractivity contribution is 5.76. The first-order chi connectivity index (χ1) is 17.6. The molecule has 0 bridgehead atoms. The van der Waals surface area contributed by atoms with E-state index in [-0.39, 0.29) is 25.9 Å². The number of aliphatic hydroxyl groups excluding tert-OH is 2. The smallest absolute Gasteiger partial charge is 0.188 e. The fourth-order valence-electron chi connectivity index (χ4n) is 3.32. The lowest BCUT2D eigenvalue weighted by Crippen LogP contribution is -2.27. The van der Waals surface area contributed by atoms with Crippen LogP contribution >= 0.6 is 0 Å². The van der Waals surface area contributed by atoms with Crippen molar-refractivity contribution in [3.8, 4) is 23.0 Å². The molecule has 0 spiro atoms. The van der Waals surface area contributed by atoms with E-state index in [2.05, 4.69) is 0 Å². The van der Waals surface area contributed by atoms with Crippen LogP contribution in [0.15, 0.2) is 66.7 Å². The minimum atomic E-state index is -1.30. The second-order valence-electron chi connectivity index (χ2n) is 7.69. The van der Waals surface area contributed by atoms with E-state index < -0.39 is 18.8 Å². The van der Waals surface area contributed by atoms with Gasteiger partial charge in [-0.2, -0.15) is 0 Å². The van der Waals surface area contributed by atoms with Crippen molar-refractivity contribution in [3.05, 3.63) is 83.4 Å². The molecule has 0 radical (unpaired) electrons. The van der Waals surface area contributed by atoms with Gasteiger partial charge in [-0.05, 0) is 41.5 Å². The van der Waals surface area contributed by atoms with Gasteiger partial charge in [0.25, 0.3) is 0 Å². The maximum atomic E-state index is 11.4. The van der Waals surface area contributed by atoms with Gasteiger partial charge in [-0.1, -0.05) is 36.4 Å². The molecule has 2 atom stereocenters. The van der Waals surface area contributed by atoms with Gasteiger partial charge >= 0.3 is 0 Å². The molecule has 0 fully saturated rings. The number of hydrogen-bond acceptors (Lipinski definition) is 9. The quantitative estimate of drug-likeness (QED) is 0.240. The van der Waals surface area contributed by atoms with Crippen molar-refractivity contribution < 1.29 is 43.4 Å². The lowest BCUT2D eigenvalue weighted by molar-refractivity contribution is -0.00372. The Balaban J connectivity index is 1.93. The van der Waals surface area contributed by atoms with Crippen molar-refractivity contribution in [1.82, 2.24) is 0 Å². The Morgan fingerprint density at radius 3 is 2.14 bits per heavy atom. The van der Waals surface area contributed by atoms with E-state index in [0.29, 0.717) is 34.7 Å². The van der Waals surface area contributed by atoms with Crippen LogP contribution < -0.4 is 18.9 Å². The molecule has 0 heterocycles. The van der Waals surface area contributed by atoms with Crippen LogP contribution in [0.3, 0.4) is 0 Å². The molecule has 0 saturated carbocycles. The molecule has 2 N–H and O–H groups in total. The highest BCUT2D eigenvalue weighted by Gasteiger charge is 2.26. The van der Waals surface area contributed by atoms with Crippen molar-refractivity contribution in [2.75, 3.05) is 34.4 Å². The summed E-state index contributed by atoms with van der Waals surface area (Å²) < 4.78 is 33.2. The number of ether oxygens (including phenoxy) is 6. The summed E-state index contributed by atoms with van der Waals surface area (Å²) >= 11 is 0. The van der Waals surface area contributed by atoms with E-state index in [4.69, 9.17) is 28.4 Å². The predicted octanol–water partition coefficient (Wildman–Crippen LogP) is 3.52. The lowest BCUT2D eigenvalue weighted by atomic mass is 10.0. The molecule has 0 aliphatic rings. The van der Waals surface area contributed by atoms with Gasteiger partial charge in [0.2, 0.25) is 0 Å². The normalized spacial score (nSPS) is 12.4. The van der Waals surface area contributed by atoms with Gasteiger partial charge in [-0.15, -0.1) is 0 Å². The molecule has 3 aromatic carbocycles. The molecule has 3 rings (SSSR count). The zero-order valence-corrected chi connectivity index (χ0v) is 20.2. The highest BCUT2D eigenvalue weighted by Crippen LogP contribution is 2.37. The van der Waals surface area contributed by atoms with Crippen LogP contribution in [0, 0.1) is 0 Å². The second kappa shape index (κ2) is 14.1. The number of carbonyl (C=O) groups excluding carboxylic acids is 1. The predicted molar refractivity (Wildman–Crippen MR) is 131 cm³/mol.